The Morgan fingerprint density at radius 1 is 1.00 bits per heavy atom. The van der Waals surface area contributed by atoms with Crippen molar-refractivity contribution in [3.05, 3.63) is 64.5 Å². The van der Waals surface area contributed by atoms with Crippen molar-refractivity contribution in [2.45, 2.75) is 0 Å². The second-order valence-corrected chi connectivity index (χ2v) is 5.43. The summed E-state index contributed by atoms with van der Waals surface area (Å²) in [7, 11) is 1.71. The maximum atomic E-state index is 5.43. The first kappa shape index (κ1) is 15.3. The summed E-state index contributed by atoms with van der Waals surface area (Å²) in [5.41, 5.74) is 1.18. The van der Waals surface area contributed by atoms with Crippen LogP contribution in [0, 0.1) is 3.57 Å². The quantitative estimate of drug-likeness (QED) is 0.422. The van der Waals surface area contributed by atoms with Crippen LogP contribution in [0.5, 0.6) is 5.75 Å². The summed E-state index contributed by atoms with van der Waals surface area (Å²) in [6.45, 7) is 0. The molecule has 1 aromatic heterocycles. The van der Waals surface area contributed by atoms with Crippen molar-refractivity contribution in [2.24, 2.45) is 0 Å². The predicted molar refractivity (Wildman–Crippen MR) is 84.7 cm³/mol. The average molecular weight is 442 g/mol. The van der Waals surface area contributed by atoms with Gasteiger partial charge in [-0.3, -0.25) is 0 Å². The first-order valence-corrected chi connectivity index (χ1v) is 7.10. The minimum atomic E-state index is 0. The van der Waals surface area contributed by atoms with Gasteiger partial charge in [-0.1, -0.05) is 24.3 Å². The molecule has 0 spiro atoms. The van der Waals surface area contributed by atoms with Gasteiger partial charge in [0.05, 0.1) is 16.1 Å². The summed E-state index contributed by atoms with van der Waals surface area (Å²) in [5.74, 6) is 0.901. The molecule has 3 aromatic rings. The van der Waals surface area contributed by atoms with E-state index in [1.807, 2.05) is 18.2 Å². The Balaban J connectivity index is 0.00000147. The molecule has 0 fully saturated rings. The first-order valence-electron chi connectivity index (χ1n) is 6.02. The topological polar surface area (TPSA) is 13.1 Å². The Hall–Kier alpha value is -1.14. The van der Waals surface area contributed by atoms with E-state index in [-0.39, 0.29) is 17.0 Å². The van der Waals surface area contributed by atoms with Gasteiger partial charge < -0.3 is 21.7 Å². The van der Waals surface area contributed by atoms with Gasteiger partial charge in [-0.2, -0.15) is 4.57 Å². The van der Waals surface area contributed by atoms with Gasteiger partial charge in [-0.05, 0) is 40.1 Å². The number of rotatable bonds is 2. The van der Waals surface area contributed by atoms with Crippen molar-refractivity contribution in [3.63, 3.8) is 0 Å². The fourth-order valence-electron chi connectivity index (χ4n) is 2.18. The van der Waals surface area contributed by atoms with E-state index in [9.17, 15) is 0 Å². The van der Waals surface area contributed by atoms with Crippen LogP contribution in [0.1, 0.15) is 0 Å². The van der Waals surface area contributed by atoms with Crippen LogP contribution in [-0.2, 0) is 0 Å². The van der Waals surface area contributed by atoms with Crippen LogP contribution < -0.4 is 26.3 Å². The van der Waals surface area contributed by atoms with Crippen LogP contribution >= 0.6 is 22.6 Å². The fourth-order valence-corrected chi connectivity index (χ4v) is 2.84. The second-order valence-electron chi connectivity index (χ2n) is 4.27. The summed E-state index contributed by atoms with van der Waals surface area (Å²) in [6.07, 6.45) is 4.20. The minimum Gasteiger partial charge on any atom is -1.00 e. The van der Waals surface area contributed by atoms with Crippen molar-refractivity contribution in [2.75, 3.05) is 7.11 Å². The Labute approximate surface area is 142 Å². The molecule has 1 heterocycles. The number of pyridine rings is 1. The zero-order valence-electron chi connectivity index (χ0n) is 10.9. The van der Waals surface area contributed by atoms with Crippen molar-refractivity contribution in [3.8, 4) is 11.4 Å². The maximum Gasteiger partial charge on any atom is 0.224 e. The van der Waals surface area contributed by atoms with Gasteiger partial charge in [0.25, 0.3) is 0 Å². The Morgan fingerprint density at radius 3 is 2.55 bits per heavy atom. The third-order valence-corrected chi connectivity index (χ3v) is 4.05. The van der Waals surface area contributed by atoms with E-state index in [0.29, 0.717) is 0 Å². The molecule has 3 rings (SSSR count). The smallest absolute Gasteiger partial charge is 0.224 e. The standard InChI is InChI=1S/C16H13INO.BrH/c1-19-16-8-4-5-12-9-10-18(11-13(12)16)15-7-3-2-6-14(15)17;/h2-11H,1H3;1H/q+1;/p-1. The molecular weight excluding hydrogens is 429 g/mol. The van der Waals surface area contributed by atoms with Gasteiger partial charge in [-0.15, -0.1) is 0 Å². The van der Waals surface area contributed by atoms with E-state index < -0.39 is 0 Å². The van der Waals surface area contributed by atoms with Crippen LogP contribution in [0.4, 0.5) is 0 Å². The van der Waals surface area contributed by atoms with Gasteiger partial charge in [0.1, 0.15) is 5.75 Å². The zero-order valence-corrected chi connectivity index (χ0v) is 14.6. The third-order valence-electron chi connectivity index (χ3n) is 3.13. The number of halogens is 2. The summed E-state index contributed by atoms with van der Waals surface area (Å²) in [4.78, 5) is 0. The molecule has 0 amide bonds. The number of methoxy groups -OCH3 is 1. The molecule has 0 bridgehead atoms. The number of fused-ring (bicyclic) bond motifs is 1. The molecule has 0 aliphatic heterocycles. The number of para-hydroxylation sites is 1. The molecule has 102 valence electrons. The molecule has 0 aliphatic rings. The summed E-state index contributed by atoms with van der Waals surface area (Å²) >= 11 is 2.35. The first-order chi connectivity index (χ1) is 9.29. The lowest BCUT2D eigenvalue weighted by Gasteiger charge is -2.04. The van der Waals surface area contributed by atoms with Crippen molar-refractivity contribution < 1.29 is 26.3 Å². The lowest BCUT2D eigenvalue weighted by Crippen LogP contribution is -3.00. The Bertz CT molecular complexity index is 745. The highest BCUT2D eigenvalue weighted by atomic mass is 127. The molecule has 0 atom stereocenters. The highest BCUT2D eigenvalue weighted by molar-refractivity contribution is 14.1. The molecule has 0 saturated carbocycles. The molecule has 20 heavy (non-hydrogen) atoms. The van der Waals surface area contributed by atoms with Gasteiger partial charge in [0.2, 0.25) is 5.69 Å². The number of aromatic nitrogens is 1. The fraction of sp³-hybridized carbons (Fsp3) is 0.0625. The molecule has 0 N–H and O–H groups in total. The normalized spacial score (nSPS) is 10.1. The highest BCUT2D eigenvalue weighted by Crippen LogP contribution is 2.24. The number of hydrogen-bond acceptors (Lipinski definition) is 1. The Morgan fingerprint density at radius 2 is 1.80 bits per heavy atom. The van der Waals surface area contributed by atoms with Crippen molar-refractivity contribution >= 4 is 33.4 Å². The van der Waals surface area contributed by atoms with Gasteiger partial charge in [0, 0.05) is 12.1 Å². The summed E-state index contributed by atoms with van der Waals surface area (Å²) in [6, 6.07) is 16.5. The molecule has 4 heteroatoms. The summed E-state index contributed by atoms with van der Waals surface area (Å²) in [5, 5.41) is 2.30. The monoisotopic (exact) mass is 441 g/mol. The number of ether oxygens (including phenoxy) is 1. The molecule has 2 aromatic carbocycles. The lowest BCUT2D eigenvalue weighted by atomic mass is 10.1. The van der Waals surface area contributed by atoms with Crippen LogP contribution in [0.3, 0.4) is 0 Å². The average Bonchev–Trinajstić information content (AvgIpc) is 2.46. The van der Waals surface area contributed by atoms with Crippen LogP contribution in [-0.4, -0.2) is 7.11 Å². The van der Waals surface area contributed by atoms with Crippen molar-refractivity contribution in [1.82, 2.24) is 0 Å². The lowest BCUT2D eigenvalue weighted by molar-refractivity contribution is -0.595. The van der Waals surface area contributed by atoms with Crippen LogP contribution in [0.15, 0.2) is 60.9 Å². The van der Waals surface area contributed by atoms with Gasteiger partial charge in [0.15, 0.2) is 12.4 Å². The molecular formula is C16H13BrINO. The minimum absolute atomic E-state index is 0. The SMILES string of the molecule is COc1cccc2cc[n+](-c3ccccc3I)cc12.[Br-]. The molecule has 0 aliphatic carbocycles. The van der Waals surface area contributed by atoms with Crippen LogP contribution in [0.2, 0.25) is 0 Å². The second kappa shape index (κ2) is 6.54. The largest absolute Gasteiger partial charge is 1.00 e. The maximum absolute atomic E-state index is 5.43. The number of benzene rings is 2. The van der Waals surface area contributed by atoms with E-state index in [1.54, 1.807) is 7.11 Å². The van der Waals surface area contributed by atoms with E-state index in [4.69, 9.17) is 4.74 Å². The number of hydrogen-bond donors (Lipinski definition) is 0. The molecule has 0 unspecified atom stereocenters. The molecule has 2 nitrogen and oxygen atoms in total. The van der Waals surface area contributed by atoms with E-state index in [0.717, 1.165) is 11.1 Å². The van der Waals surface area contributed by atoms with Gasteiger partial charge >= 0.3 is 0 Å². The molecule has 0 saturated heterocycles. The third kappa shape index (κ3) is 2.81. The summed E-state index contributed by atoms with van der Waals surface area (Å²) < 4.78 is 8.79. The highest BCUT2D eigenvalue weighted by Gasteiger charge is 2.12. The number of nitrogens with zero attached hydrogens (tertiary/aromatic N) is 1. The van der Waals surface area contributed by atoms with E-state index in [1.165, 1.54) is 14.6 Å². The van der Waals surface area contributed by atoms with E-state index in [2.05, 4.69) is 69.9 Å². The zero-order chi connectivity index (χ0) is 13.2. The van der Waals surface area contributed by atoms with Crippen LogP contribution in [0.25, 0.3) is 16.5 Å². The van der Waals surface area contributed by atoms with Crippen molar-refractivity contribution in [1.29, 1.82) is 0 Å². The van der Waals surface area contributed by atoms with E-state index >= 15 is 0 Å². The Kier molecular flexibility index (Phi) is 4.99. The predicted octanol–water partition coefficient (Wildman–Crippen LogP) is 0.734. The molecule has 0 radical (unpaired) electrons. The van der Waals surface area contributed by atoms with Gasteiger partial charge in [-0.25, -0.2) is 0 Å².